The summed E-state index contributed by atoms with van der Waals surface area (Å²) in [4.78, 5) is 0. The summed E-state index contributed by atoms with van der Waals surface area (Å²) in [7, 11) is -1.70. The first-order chi connectivity index (χ1) is 10.0. The Morgan fingerprint density at radius 1 is 0.905 bits per heavy atom. The standard InChI is InChI=1S/C19H24OSi/c1-5-18(19(2,3)4)20-21(16-12-8-6-9-13-16)17-14-10-7-11-15-17/h5-15,18,21H,1H2,2-4H3. The average molecular weight is 296 g/mol. The average Bonchev–Trinajstić information content (AvgIpc) is 2.49. The van der Waals surface area contributed by atoms with Crippen molar-refractivity contribution >= 4 is 19.4 Å². The van der Waals surface area contributed by atoms with E-state index in [0.717, 1.165) is 0 Å². The fraction of sp³-hybridized carbons (Fsp3) is 0.263. The molecular weight excluding hydrogens is 272 g/mol. The van der Waals surface area contributed by atoms with Gasteiger partial charge in [-0.1, -0.05) is 87.5 Å². The highest BCUT2D eigenvalue weighted by molar-refractivity contribution is 6.80. The van der Waals surface area contributed by atoms with Crippen LogP contribution in [0, 0.1) is 5.41 Å². The van der Waals surface area contributed by atoms with E-state index in [2.05, 4.69) is 88.0 Å². The van der Waals surface area contributed by atoms with Crippen molar-refractivity contribution in [2.45, 2.75) is 26.9 Å². The number of rotatable bonds is 5. The van der Waals surface area contributed by atoms with Crippen molar-refractivity contribution in [3.05, 3.63) is 73.3 Å². The molecular formula is C19H24OSi. The lowest BCUT2D eigenvalue weighted by molar-refractivity contribution is 0.133. The van der Waals surface area contributed by atoms with Gasteiger partial charge in [0.25, 0.3) is 0 Å². The first kappa shape index (κ1) is 15.7. The summed E-state index contributed by atoms with van der Waals surface area (Å²) in [6, 6.07) is 21.1. The third-order valence-corrected chi connectivity index (χ3v) is 6.10. The summed E-state index contributed by atoms with van der Waals surface area (Å²) in [5.74, 6) is 0. The lowest BCUT2D eigenvalue weighted by Gasteiger charge is -2.32. The second-order valence-corrected chi connectivity index (χ2v) is 8.73. The second kappa shape index (κ2) is 6.88. The molecule has 0 radical (unpaired) electrons. The van der Waals surface area contributed by atoms with Gasteiger partial charge in [-0.2, -0.15) is 0 Å². The zero-order chi connectivity index (χ0) is 15.3. The molecule has 1 unspecified atom stereocenters. The minimum absolute atomic E-state index is 0.0505. The molecule has 0 aliphatic rings. The van der Waals surface area contributed by atoms with E-state index in [0.29, 0.717) is 0 Å². The van der Waals surface area contributed by atoms with Gasteiger partial charge < -0.3 is 4.43 Å². The van der Waals surface area contributed by atoms with Crippen LogP contribution >= 0.6 is 0 Å². The van der Waals surface area contributed by atoms with Crippen molar-refractivity contribution in [1.29, 1.82) is 0 Å². The molecule has 0 aliphatic heterocycles. The van der Waals surface area contributed by atoms with Gasteiger partial charge in [0.2, 0.25) is 9.04 Å². The van der Waals surface area contributed by atoms with E-state index >= 15 is 0 Å². The van der Waals surface area contributed by atoms with Crippen LogP contribution in [-0.4, -0.2) is 15.1 Å². The third kappa shape index (κ3) is 4.16. The number of hydrogen-bond acceptors (Lipinski definition) is 1. The Balaban J connectivity index is 2.36. The van der Waals surface area contributed by atoms with E-state index in [9.17, 15) is 0 Å². The van der Waals surface area contributed by atoms with Gasteiger partial charge in [0.1, 0.15) is 0 Å². The second-order valence-electron chi connectivity index (χ2n) is 6.36. The minimum Gasteiger partial charge on any atom is -0.404 e. The predicted octanol–water partition coefficient (Wildman–Crippen LogP) is 3.14. The molecule has 0 fully saturated rings. The van der Waals surface area contributed by atoms with Crippen molar-refractivity contribution in [2.75, 3.05) is 0 Å². The molecule has 0 saturated heterocycles. The molecule has 21 heavy (non-hydrogen) atoms. The molecule has 1 atom stereocenters. The van der Waals surface area contributed by atoms with Gasteiger partial charge in [0, 0.05) is 0 Å². The Kier molecular flexibility index (Phi) is 5.15. The van der Waals surface area contributed by atoms with Crippen molar-refractivity contribution in [3.63, 3.8) is 0 Å². The quantitative estimate of drug-likeness (QED) is 0.608. The van der Waals surface area contributed by atoms with Crippen LogP contribution in [0.15, 0.2) is 73.3 Å². The first-order valence-corrected chi connectivity index (χ1v) is 9.03. The molecule has 2 aromatic carbocycles. The number of hydrogen-bond donors (Lipinski definition) is 0. The van der Waals surface area contributed by atoms with Crippen molar-refractivity contribution in [1.82, 2.24) is 0 Å². The zero-order valence-corrected chi connectivity index (χ0v) is 14.3. The van der Waals surface area contributed by atoms with E-state index in [4.69, 9.17) is 4.43 Å². The third-order valence-electron chi connectivity index (χ3n) is 3.55. The van der Waals surface area contributed by atoms with E-state index < -0.39 is 9.04 Å². The van der Waals surface area contributed by atoms with Crippen molar-refractivity contribution < 1.29 is 4.43 Å². The molecule has 2 heteroatoms. The van der Waals surface area contributed by atoms with Crippen molar-refractivity contribution in [2.24, 2.45) is 5.41 Å². The summed E-state index contributed by atoms with van der Waals surface area (Å²) >= 11 is 0. The van der Waals surface area contributed by atoms with E-state index in [1.54, 1.807) is 0 Å². The molecule has 0 bridgehead atoms. The molecule has 0 N–H and O–H groups in total. The highest BCUT2D eigenvalue weighted by Gasteiger charge is 2.28. The Bertz CT molecular complexity index is 518. The van der Waals surface area contributed by atoms with Crippen LogP contribution in [0.25, 0.3) is 0 Å². The van der Waals surface area contributed by atoms with Crippen molar-refractivity contribution in [3.8, 4) is 0 Å². The molecule has 0 aliphatic carbocycles. The van der Waals surface area contributed by atoms with E-state index in [1.807, 2.05) is 6.08 Å². The zero-order valence-electron chi connectivity index (χ0n) is 13.1. The highest BCUT2D eigenvalue weighted by Crippen LogP contribution is 2.23. The summed E-state index contributed by atoms with van der Waals surface area (Å²) in [6.07, 6.45) is 1.99. The van der Waals surface area contributed by atoms with Gasteiger partial charge in [-0.25, -0.2) is 0 Å². The predicted molar refractivity (Wildman–Crippen MR) is 93.8 cm³/mol. The summed E-state index contributed by atoms with van der Waals surface area (Å²) in [5, 5.41) is 2.61. The van der Waals surface area contributed by atoms with Crippen LogP contribution in [0.4, 0.5) is 0 Å². The van der Waals surface area contributed by atoms with Crippen LogP contribution in [0.5, 0.6) is 0 Å². The molecule has 1 nitrogen and oxygen atoms in total. The highest BCUT2D eigenvalue weighted by atomic mass is 28.3. The molecule has 110 valence electrons. The summed E-state index contributed by atoms with van der Waals surface area (Å²) < 4.78 is 6.56. The van der Waals surface area contributed by atoms with Crippen LogP contribution in [-0.2, 0) is 4.43 Å². The fourth-order valence-corrected chi connectivity index (χ4v) is 5.02. The lowest BCUT2D eigenvalue weighted by atomic mass is 9.89. The van der Waals surface area contributed by atoms with Gasteiger partial charge in [-0.3, -0.25) is 0 Å². The Hall–Kier alpha value is -1.64. The van der Waals surface area contributed by atoms with E-state index in [1.165, 1.54) is 10.4 Å². The van der Waals surface area contributed by atoms with Crippen LogP contribution < -0.4 is 10.4 Å². The minimum atomic E-state index is -1.70. The smallest absolute Gasteiger partial charge is 0.240 e. The number of benzene rings is 2. The van der Waals surface area contributed by atoms with Crippen LogP contribution in [0.3, 0.4) is 0 Å². The Labute approximate surface area is 130 Å². The van der Waals surface area contributed by atoms with Crippen LogP contribution in [0.2, 0.25) is 0 Å². The summed E-state index contributed by atoms with van der Waals surface area (Å²) in [5.41, 5.74) is 0.0521. The summed E-state index contributed by atoms with van der Waals surface area (Å²) in [6.45, 7) is 10.6. The van der Waals surface area contributed by atoms with Gasteiger partial charge in [0.05, 0.1) is 6.10 Å². The fourth-order valence-electron chi connectivity index (χ4n) is 2.37. The monoisotopic (exact) mass is 296 g/mol. The van der Waals surface area contributed by atoms with Gasteiger partial charge in [-0.15, -0.1) is 6.58 Å². The molecule has 0 amide bonds. The topological polar surface area (TPSA) is 9.23 Å². The first-order valence-electron chi connectivity index (χ1n) is 7.40. The molecule has 0 aromatic heterocycles. The molecule has 2 rings (SSSR count). The Morgan fingerprint density at radius 2 is 1.33 bits per heavy atom. The largest absolute Gasteiger partial charge is 0.404 e. The molecule has 0 saturated carbocycles. The molecule has 2 aromatic rings. The van der Waals surface area contributed by atoms with Gasteiger partial charge in [-0.05, 0) is 15.8 Å². The van der Waals surface area contributed by atoms with E-state index in [-0.39, 0.29) is 11.5 Å². The van der Waals surface area contributed by atoms with Gasteiger partial charge >= 0.3 is 0 Å². The normalized spacial score (nSPS) is 13.1. The van der Waals surface area contributed by atoms with Gasteiger partial charge in [0.15, 0.2) is 0 Å². The van der Waals surface area contributed by atoms with Crippen LogP contribution in [0.1, 0.15) is 20.8 Å². The molecule has 0 spiro atoms. The Morgan fingerprint density at radius 3 is 1.67 bits per heavy atom. The SMILES string of the molecule is C=CC(O[SiH](c1ccccc1)c1ccccc1)C(C)(C)C. The molecule has 0 heterocycles. The maximum Gasteiger partial charge on any atom is 0.240 e. The maximum absolute atomic E-state index is 6.56. The maximum atomic E-state index is 6.56. The lowest BCUT2D eigenvalue weighted by Crippen LogP contribution is -2.49.